The second kappa shape index (κ2) is 6.00. The Hall–Kier alpha value is -1.82. The number of rotatable bonds is 3. The summed E-state index contributed by atoms with van der Waals surface area (Å²) in [6, 6.07) is 14.8. The van der Waals surface area contributed by atoms with Gasteiger partial charge in [-0.3, -0.25) is 4.79 Å². The number of phenolic OH excluding ortho intramolecular Hbond substituents is 1. The molecule has 23 heavy (non-hydrogen) atoms. The van der Waals surface area contributed by atoms with Crippen LogP contribution in [0, 0.1) is 0 Å². The van der Waals surface area contributed by atoms with Crippen molar-refractivity contribution in [2.45, 2.75) is 23.7 Å². The van der Waals surface area contributed by atoms with E-state index in [0.29, 0.717) is 22.9 Å². The molecule has 3 aromatic rings. The summed E-state index contributed by atoms with van der Waals surface area (Å²) in [6.45, 7) is 3.82. The fourth-order valence-corrected chi connectivity index (χ4v) is 2.63. The Morgan fingerprint density at radius 3 is 1.91 bits per heavy atom. The number of esters is 1. The van der Waals surface area contributed by atoms with E-state index in [1.165, 1.54) is 0 Å². The maximum atomic E-state index is 12.5. The van der Waals surface area contributed by atoms with Crippen LogP contribution >= 0.6 is 22.6 Å². The van der Waals surface area contributed by atoms with Crippen molar-refractivity contribution in [3.63, 3.8) is 0 Å². The number of phenols is 1. The highest BCUT2D eigenvalue weighted by Gasteiger charge is 2.31. The van der Waals surface area contributed by atoms with Gasteiger partial charge in [0.15, 0.2) is 0 Å². The van der Waals surface area contributed by atoms with Gasteiger partial charge >= 0.3 is 5.97 Å². The number of ether oxygens (including phenoxy) is 1. The SMILES string of the molecule is CCC(C)(I)C(=O)Oc1c2ccccc2c(O)c2ccccc12. The maximum absolute atomic E-state index is 12.5. The number of aromatic hydroxyl groups is 1. The van der Waals surface area contributed by atoms with Gasteiger partial charge in [-0.1, -0.05) is 78.0 Å². The lowest BCUT2D eigenvalue weighted by Crippen LogP contribution is -2.31. The van der Waals surface area contributed by atoms with E-state index in [-0.39, 0.29) is 11.7 Å². The van der Waals surface area contributed by atoms with Crippen LogP contribution in [-0.2, 0) is 4.79 Å². The first-order chi connectivity index (χ1) is 11.0. The third-order valence-electron chi connectivity index (χ3n) is 4.14. The van der Waals surface area contributed by atoms with E-state index >= 15 is 0 Å². The molecule has 0 saturated heterocycles. The number of halogens is 1. The van der Waals surface area contributed by atoms with Crippen molar-refractivity contribution < 1.29 is 14.6 Å². The lowest BCUT2D eigenvalue weighted by atomic mass is 10.0. The van der Waals surface area contributed by atoms with Crippen LogP contribution < -0.4 is 4.74 Å². The Morgan fingerprint density at radius 2 is 1.48 bits per heavy atom. The first-order valence-electron chi connectivity index (χ1n) is 7.49. The maximum Gasteiger partial charge on any atom is 0.327 e. The van der Waals surface area contributed by atoms with Crippen LogP contribution in [0.5, 0.6) is 11.5 Å². The number of fused-ring (bicyclic) bond motifs is 2. The van der Waals surface area contributed by atoms with Crippen molar-refractivity contribution in [2.24, 2.45) is 0 Å². The summed E-state index contributed by atoms with van der Waals surface area (Å²) in [5, 5.41) is 13.4. The molecule has 0 aliphatic heterocycles. The first kappa shape index (κ1) is 16.1. The first-order valence-corrected chi connectivity index (χ1v) is 8.57. The van der Waals surface area contributed by atoms with Gasteiger partial charge in [-0.05, 0) is 13.3 Å². The van der Waals surface area contributed by atoms with Crippen molar-refractivity contribution >= 4 is 50.1 Å². The zero-order valence-corrected chi connectivity index (χ0v) is 15.1. The largest absolute Gasteiger partial charge is 0.507 e. The van der Waals surface area contributed by atoms with E-state index in [0.717, 1.165) is 10.8 Å². The molecule has 3 nitrogen and oxygen atoms in total. The summed E-state index contributed by atoms with van der Waals surface area (Å²) in [7, 11) is 0. The quantitative estimate of drug-likeness (QED) is 0.208. The normalized spacial score (nSPS) is 13.9. The van der Waals surface area contributed by atoms with Crippen LogP contribution in [0.15, 0.2) is 48.5 Å². The predicted molar refractivity (Wildman–Crippen MR) is 101 cm³/mol. The molecule has 4 heteroatoms. The molecule has 118 valence electrons. The smallest absolute Gasteiger partial charge is 0.327 e. The van der Waals surface area contributed by atoms with Gasteiger partial charge in [-0.15, -0.1) is 0 Å². The summed E-state index contributed by atoms with van der Waals surface area (Å²) in [4.78, 5) is 12.5. The zero-order chi connectivity index (χ0) is 16.6. The molecule has 1 N–H and O–H groups in total. The van der Waals surface area contributed by atoms with Crippen LogP contribution in [0.1, 0.15) is 20.3 Å². The van der Waals surface area contributed by atoms with Gasteiger partial charge in [-0.25, -0.2) is 0 Å². The molecule has 0 heterocycles. The summed E-state index contributed by atoms with van der Waals surface area (Å²) >= 11 is 2.12. The average Bonchev–Trinajstić information content (AvgIpc) is 2.58. The van der Waals surface area contributed by atoms with Gasteiger partial charge in [0.25, 0.3) is 0 Å². The highest BCUT2D eigenvalue weighted by molar-refractivity contribution is 14.1. The van der Waals surface area contributed by atoms with Gasteiger partial charge in [0, 0.05) is 21.5 Å². The Morgan fingerprint density at radius 1 is 1.04 bits per heavy atom. The number of hydrogen-bond acceptors (Lipinski definition) is 3. The van der Waals surface area contributed by atoms with Gasteiger partial charge in [0.2, 0.25) is 0 Å². The minimum absolute atomic E-state index is 0.212. The molecule has 3 rings (SSSR count). The van der Waals surface area contributed by atoms with E-state index < -0.39 is 3.42 Å². The number of benzene rings is 3. The Balaban J connectivity index is 2.29. The fourth-order valence-electron chi connectivity index (χ4n) is 2.52. The van der Waals surface area contributed by atoms with Crippen molar-refractivity contribution in [2.75, 3.05) is 0 Å². The lowest BCUT2D eigenvalue weighted by molar-refractivity contribution is -0.136. The second-order valence-electron chi connectivity index (χ2n) is 5.71. The minimum Gasteiger partial charge on any atom is -0.507 e. The number of alkyl halides is 1. The second-order valence-corrected chi connectivity index (χ2v) is 8.09. The standard InChI is InChI=1S/C19H17IO3/c1-3-19(2,20)18(22)23-17-14-10-6-4-8-12(14)16(21)13-9-5-7-11-15(13)17/h4-11,21H,3H2,1-2H3. The predicted octanol–water partition coefficient (Wildman–Crippen LogP) is 5.21. The Kier molecular flexibility index (Phi) is 4.19. The van der Waals surface area contributed by atoms with Gasteiger partial charge < -0.3 is 9.84 Å². The van der Waals surface area contributed by atoms with Crippen molar-refractivity contribution in [3.8, 4) is 11.5 Å². The van der Waals surface area contributed by atoms with Crippen LogP contribution in [0.2, 0.25) is 0 Å². The highest BCUT2D eigenvalue weighted by atomic mass is 127. The monoisotopic (exact) mass is 420 g/mol. The van der Waals surface area contributed by atoms with Crippen LogP contribution in [-0.4, -0.2) is 14.5 Å². The van der Waals surface area contributed by atoms with E-state index in [4.69, 9.17) is 4.74 Å². The van der Waals surface area contributed by atoms with Crippen molar-refractivity contribution in [1.82, 2.24) is 0 Å². The molecule has 1 atom stereocenters. The van der Waals surface area contributed by atoms with Crippen LogP contribution in [0.4, 0.5) is 0 Å². The molecule has 0 aliphatic rings. The van der Waals surface area contributed by atoms with Gasteiger partial charge in [0.05, 0.1) is 0 Å². The molecule has 0 spiro atoms. The molecular formula is C19H17IO3. The minimum atomic E-state index is -0.585. The molecule has 0 aliphatic carbocycles. The van der Waals surface area contributed by atoms with Gasteiger partial charge in [-0.2, -0.15) is 0 Å². The molecule has 0 aromatic heterocycles. The average molecular weight is 420 g/mol. The number of carbonyl (C=O) groups is 1. The third-order valence-corrected chi connectivity index (χ3v) is 5.34. The summed E-state index contributed by atoms with van der Waals surface area (Å²) < 4.78 is 5.21. The van der Waals surface area contributed by atoms with E-state index in [2.05, 4.69) is 22.6 Å². The molecule has 0 bridgehead atoms. The summed E-state index contributed by atoms with van der Waals surface area (Å²) in [5.41, 5.74) is 0. The molecule has 0 fully saturated rings. The van der Waals surface area contributed by atoms with E-state index in [1.54, 1.807) is 0 Å². The zero-order valence-electron chi connectivity index (χ0n) is 13.0. The Labute approximate surface area is 148 Å². The van der Waals surface area contributed by atoms with Crippen molar-refractivity contribution in [1.29, 1.82) is 0 Å². The number of carbonyl (C=O) groups excluding carboxylic acids is 1. The summed E-state index contributed by atoms with van der Waals surface area (Å²) in [6.07, 6.45) is 0.681. The molecule has 0 radical (unpaired) electrons. The highest BCUT2D eigenvalue weighted by Crippen LogP contribution is 2.42. The topological polar surface area (TPSA) is 46.5 Å². The third kappa shape index (κ3) is 2.76. The fraction of sp³-hybridized carbons (Fsp3) is 0.211. The summed E-state index contributed by atoms with van der Waals surface area (Å²) in [5.74, 6) is 0.445. The van der Waals surface area contributed by atoms with E-state index in [9.17, 15) is 9.90 Å². The van der Waals surface area contributed by atoms with Gasteiger partial charge in [0.1, 0.15) is 14.9 Å². The molecular weight excluding hydrogens is 403 g/mol. The molecule has 0 amide bonds. The molecule has 0 saturated carbocycles. The lowest BCUT2D eigenvalue weighted by Gasteiger charge is -2.20. The van der Waals surface area contributed by atoms with Crippen LogP contribution in [0.3, 0.4) is 0 Å². The van der Waals surface area contributed by atoms with Crippen molar-refractivity contribution in [3.05, 3.63) is 48.5 Å². The van der Waals surface area contributed by atoms with E-state index in [1.807, 2.05) is 62.4 Å². The van der Waals surface area contributed by atoms with Crippen LogP contribution in [0.25, 0.3) is 21.5 Å². The molecule has 3 aromatic carbocycles. The number of hydrogen-bond donors (Lipinski definition) is 1. The molecule has 1 unspecified atom stereocenters. The Bertz CT molecular complexity index is 843.